The fourth-order valence-corrected chi connectivity index (χ4v) is 1.82. The summed E-state index contributed by atoms with van der Waals surface area (Å²) >= 11 is 0. The van der Waals surface area contributed by atoms with Crippen LogP contribution >= 0.6 is 0 Å². The lowest BCUT2D eigenvalue weighted by atomic mass is 10.1. The summed E-state index contributed by atoms with van der Waals surface area (Å²) < 4.78 is 6.43. The number of aromatic nitrogens is 4. The van der Waals surface area contributed by atoms with Gasteiger partial charge in [0.25, 0.3) is 5.91 Å². The smallest absolute Gasteiger partial charge is 0.338 e. The number of tetrazole rings is 1. The van der Waals surface area contributed by atoms with Gasteiger partial charge in [0.1, 0.15) is 6.33 Å². The topological polar surface area (TPSA) is 99.0 Å². The third-order valence-corrected chi connectivity index (χ3v) is 3.07. The second-order valence-corrected chi connectivity index (χ2v) is 5.41. The van der Waals surface area contributed by atoms with E-state index in [0.717, 1.165) is 6.42 Å². The molecule has 0 aliphatic heterocycles. The van der Waals surface area contributed by atoms with E-state index in [9.17, 15) is 9.59 Å². The van der Waals surface area contributed by atoms with Gasteiger partial charge in [-0.1, -0.05) is 19.9 Å². The lowest BCUT2D eigenvalue weighted by molar-refractivity contribution is -0.124. The van der Waals surface area contributed by atoms with Crippen LogP contribution in [0.4, 0.5) is 0 Å². The molecule has 1 N–H and O–H groups in total. The van der Waals surface area contributed by atoms with Crippen molar-refractivity contribution >= 4 is 11.9 Å². The molecule has 0 spiro atoms. The number of benzene rings is 1. The summed E-state index contributed by atoms with van der Waals surface area (Å²) in [6, 6.07) is 6.64. The number of carbonyl (C=O) groups excluding carboxylic acids is 2. The molecule has 0 radical (unpaired) electrons. The zero-order chi connectivity index (χ0) is 16.7. The highest BCUT2D eigenvalue weighted by atomic mass is 16.5. The molecule has 1 heterocycles. The first-order valence-corrected chi connectivity index (χ1v) is 7.33. The van der Waals surface area contributed by atoms with Gasteiger partial charge in [-0.2, -0.15) is 0 Å². The zero-order valence-electron chi connectivity index (χ0n) is 13.1. The Labute approximate surface area is 133 Å². The van der Waals surface area contributed by atoms with Crippen LogP contribution in [0.3, 0.4) is 0 Å². The lowest BCUT2D eigenvalue weighted by Crippen LogP contribution is -2.30. The predicted octanol–water partition coefficient (Wildman–Crippen LogP) is 0.981. The van der Waals surface area contributed by atoms with Gasteiger partial charge in [-0.05, 0) is 41.0 Å². The molecule has 1 aromatic heterocycles. The van der Waals surface area contributed by atoms with Crippen molar-refractivity contribution in [2.45, 2.75) is 20.3 Å². The predicted molar refractivity (Wildman–Crippen MR) is 81.9 cm³/mol. The van der Waals surface area contributed by atoms with E-state index in [4.69, 9.17) is 4.74 Å². The van der Waals surface area contributed by atoms with Crippen molar-refractivity contribution in [3.05, 3.63) is 36.2 Å². The largest absolute Gasteiger partial charge is 0.452 e. The van der Waals surface area contributed by atoms with E-state index >= 15 is 0 Å². The second kappa shape index (κ2) is 8.02. The van der Waals surface area contributed by atoms with Crippen molar-refractivity contribution < 1.29 is 14.3 Å². The number of nitrogens with zero attached hydrogens (tertiary/aromatic N) is 4. The summed E-state index contributed by atoms with van der Waals surface area (Å²) in [7, 11) is 0. The maximum atomic E-state index is 12.0. The molecule has 0 saturated heterocycles. The molecular weight excluding hydrogens is 298 g/mol. The van der Waals surface area contributed by atoms with Crippen LogP contribution in [0.2, 0.25) is 0 Å². The summed E-state index contributed by atoms with van der Waals surface area (Å²) in [6.07, 6.45) is 2.31. The monoisotopic (exact) mass is 317 g/mol. The maximum absolute atomic E-state index is 12.0. The van der Waals surface area contributed by atoms with Gasteiger partial charge >= 0.3 is 5.97 Å². The first-order valence-electron chi connectivity index (χ1n) is 7.33. The molecule has 0 aliphatic carbocycles. The number of amides is 1. The number of ether oxygens (including phenoxy) is 1. The highest BCUT2D eigenvalue weighted by Gasteiger charge is 2.11. The molecule has 1 amide bonds. The van der Waals surface area contributed by atoms with Crippen molar-refractivity contribution in [2.75, 3.05) is 13.2 Å². The normalized spacial score (nSPS) is 10.6. The van der Waals surface area contributed by atoms with E-state index in [0.29, 0.717) is 23.7 Å². The van der Waals surface area contributed by atoms with Crippen LogP contribution < -0.4 is 5.32 Å². The van der Waals surface area contributed by atoms with Gasteiger partial charge in [0, 0.05) is 6.54 Å². The van der Waals surface area contributed by atoms with Crippen molar-refractivity contribution in [1.29, 1.82) is 0 Å². The van der Waals surface area contributed by atoms with Gasteiger partial charge in [0.15, 0.2) is 6.61 Å². The summed E-state index contributed by atoms with van der Waals surface area (Å²) in [5, 5.41) is 13.5. The average molecular weight is 317 g/mol. The first-order chi connectivity index (χ1) is 11.1. The minimum Gasteiger partial charge on any atom is -0.452 e. The van der Waals surface area contributed by atoms with Crippen LogP contribution in [0.5, 0.6) is 0 Å². The molecule has 0 aliphatic rings. The molecule has 8 heteroatoms. The van der Waals surface area contributed by atoms with Gasteiger partial charge in [-0.15, -0.1) is 5.10 Å². The van der Waals surface area contributed by atoms with Crippen LogP contribution in [0.15, 0.2) is 30.6 Å². The van der Waals surface area contributed by atoms with E-state index in [2.05, 4.69) is 34.7 Å². The Kier molecular flexibility index (Phi) is 5.79. The molecule has 8 nitrogen and oxygen atoms in total. The Morgan fingerprint density at radius 3 is 2.87 bits per heavy atom. The molecular formula is C15H19N5O3. The van der Waals surface area contributed by atoms with Crippen molar-refractivity contribution in [2.24, 2.45) is 5.92 Å². The van der Waals surface area contributed by atoms with Gasteiger partial charge in [-0.25, -0.2) is 9.48 Å². The van der Waals surface area contributed by atoms with Crippen LogP contribution in [0.25, 0.3) is 5.69 Å². The second-order valence-electron chi connectivity index (χ2n) is 5.41. The minimum absolute atomic E-state index is 0.300. The highest BCUT2D eigenvalue weighted by molar-refractivity contribution is 5.91. The van der Waals surface area contributed by atoms with Gasteiger partial charge < -0.3 is 10.1 Å². The minimum atomic E-state index is -0.570. The molecule has 0 fully saturated rings. The summed E-state index contributed by atoms with van der Waals surface area (Å²) in [5.74, 6) is -0.374. The fourth-order valence-electron chi connectivity index (χ4n) is 1.82. The molecule has 23 heavy (non-hydrogen) atoms. The van der Waals surface area contributed by atoms with Crippen LogP contribution in [-0.2, 0) is 9.53 Å². The van der Waals surface area contributed by atoms with Gasteiger partial charge in [0.2, 0.25) is 0 Å². The lowest BCUT2D eigenvalue weighted by Gasteiger charge is -2.08. The summed E-state index contributed by atoms with van der Waals surface area (Å²) in [5.41, 5.74) is 0.957. The highest BCUT2D eigenvalue weighted by Crippen LogP contribution is 2.09. The number of hydrogen-bond acceptors (Lipinski definition) is 6. The van der Waals surface area contributed by atoms with E-state index < -0.39 is 5.97 Å². The molecule has 0 bridgehead atoms. The summed E-state index contributed by atoms with van der Waals surface area (Å²) in [4.78, 5) is 23.6. The molecule has 2 aromatic rings. The maximum Gasteiger partial charge on any atom is 0.338 e. The quantitative estimate of drug-likeness (QED) is 0.764. The molecule has 0 atom stereocenters. The van der Waals surface area contributed by atoms with Crippen LogP contribution in [0.1, 0.15) is 30.6 Å². The third kappa shape index (κ3) is 5.17. The van der Waals surface area contributed by atoms with E-state index in [-0.39, 0.29) is 12.5 Å². The Hall–Kier alpha value is -2.77. The number of nitrogens with one attached hydrogen (secondary N) is 1. The standard InChI is InChI=1S/C15H19N5O3/c1-11(2)6-7-16-14(21)9-23-15(22)12-4-3-5-13(8-12)20-10-17-18-19-20/h3-5,8,10-11H,6-7,9H2,1-2H3,(H,16,21). The Morgan fingerprint density at radius 2 is 2.17 bits per heavy atom. The van der Waals surface area contributed by atoms with E-state index in [1.54, 1.807) is 24.3 Å². The average Bonchev–Trinajstić information content (AvgIpc) is 3.07. The van der Waals surface area contributed by atoms with Crippen molar-refractivity contribution in [3.63, 3.8) is 0 Å². The van der Waals surface area contributed by atoms with Crippen molar-refractivity contribution in [3.8, 4) is 5.69 Å². The van der Waals surface area contributed by atoms with Gasteiger partial charge in [-0.3, -0.25) is 4.79 Å². The number of esters is 1. The number of carbonyl (C=O) groups is 2. The van der Waals surface area contributed by atoms with Crippen LogP contribution in [0, 0.1) is 5.92 Å². The van der Waals surface area contributed by atoms with Crippen molar-refractivity contribution in [1.82, 2.24) is 25.5 Å². The molecule has 2 rings (SSSR count). The number of rotatable bonds is 7. The van der Waals surface area contributed by atoms with Crippen LogP contribution in [-0.4, -0.2) is 45.2 Å². The Morgan fingerprint density at radius 1 is 1.35 bits per heavy atom. The Bertz CT molecular complexity index is 655. The molecule has 0 unspecified atom stereocenters. The van der Waals surface area contributed by atoms with Gasteiger partial charge in [0.05, 0.1) is 11.3 Å². The zero-order valence-corrected chi connectivity index (χ0v) is 13.1. The fraction of sp³-hybridized carbons (Fsp3) is 0.400. The SMILES string of the molecule is CC(C)CCNC(=O)COC(=O)c1cccc(-n2cnnn2)c1. The third-order valence-electron chi connectivity index (χ3n) is 3.07. The first kappa shape index (κ1) is 16.6. The molecule has 122 valence electrons. The van der Waals surface area contributed by atoms with E-state index in [1.807, 2.05) is 0 Å². The summed E-state index contributed by atoms with van der Waals surface area (Å²) in [6.45, 7) is 4.42. The Balaban J connectivity index is 1.86. The molecule has 1 aromatic carbocycles. The molecule has 0 saturated carbocycles. The van der Waals surface area contributed by atoms with E-state index in [1.165, 1.54) is 11.0 Å². The number of hydrogen-bond donors (Lipinski definition) is 1.